The summed E-state index contributed by atoms with van der Waals surface area (Å²) in [5.74, 6) is 0.586. The predicted octanol–water partition coefficient (Wildman–Crippen LogP) is 5.00. The van der Waals surface area contributed by atoms with Gasteiger partial charge in [-0.2, -0.15) is 0 Å². The Morgan fingerprint density at radius 2 is 1.61 bits per heavy atom. The molecular weight excluding hydrogens is 430 g/mol. The van der Waals surface area contributed by atoms with Crippen LogP contribution in [-0.4, -0.2) is 26.0 Å². The molecule has 0 spiro atoms. The van der Waals surface area contributed by atoms with E-state index in [2.05, 4.69) is 20.9 Å². The molecule has 6 nitrogen and oxygen atoms in total. The van der Waals surface area contributed by atoms with E-state index in [1.54, 1.807) is 0 Å². The number of carbonyl (C=O) groups excluding carboxylic acids is 1. The van der Waals surface area contributed by atoms with Gasteiger partial charge >= 0.3 is 0 Å². The van der Waals surface area contributed by atoms with Gasteiger partial charge in [0.05, 0.1) is 6.04 Å². The highest BCUT2D eigenvalue weighted by atomic mass is 35.5. The molecule has 154 valence electrons. The lowest BCUT2D eigenvalue weighted by Gasteiger charge is -2.33. The van der Waals surface area contributed by atoms with Crippen molar-refractivity contribution in [2.75, 3.05) is 10.7 Å². The highest BCUT2D eigenvalue weighted by molar-refractivity contribution is 8.00. The van der Waals surface area contributed by atoms with Crippen molar-refractivity contribution in [2.24, 2.45) is 0 Å². The Morgan fingerprint density at radius 3 is 2.32 bits per heavy atom. The largest absolute Gasteiger partial charge is 0.325 e. The maximum absolute atomic E-state index is 13.2. The molecule has 5 rings (SSSR count). The third-order valence-electron chi connectivity index (χ3n) is 5.00. The number of hydrogen-bond donors (Lipinski definition) is 2. The average Bonchev–Trinajstić information content (AvgIpc) is 3.23. The number of anilines is 1. The molecule has 0 aliphatic carbocycles. The van der Waals surface area contributed by atoms with Gasteiger partial charge in [0.2, 0.25) is 11.1 Å². The van der Waals surface area contributed by atoms with Crippen LogP contribution in [0.2, 0.25) is 5.02 Å². The first-order valence-corrected chi connectivity index (χ1v) is 11.0. The number of rotatable bonds is 4. The van der Waals surface area contributed by atoms with E-state index in [-0.39, 0.29) is 11.9 Å². The molecule has 0 fully saturated rings. The van der Waals surface area contributed by atoms with Crippen molar-refractivity contribution in [3.63, 3.8) is 0 Å². The van der Waals surface area contributed by atoms with Crippen LogP contribution in [0.15, 0.2) is 90.1 Å². The summed E-state index contributed by atoms with van der Waals surface area (Å²) < 4.78 is 1.85. The van der Waals surface area contributed by atoms with Crippen molar-refractivity contribution in [3.8, 4) is 11.4 Å². The molecule has 2 atom stereocenters. The van der Waals surface area contributed by atoms with Gasteiger partial charge in [-0.05, 0) is 29.8 Å². The third-order valence-corrected chi connectivity index (χ3v) is 6.46. The Labute approximate surface area is 188 Å². The van der Waals surface area contributed by atoms with Gasteiger partial charge in [-0.1, -0.05) is 84.0 Å². The van der Waals surface area contributed by atoms with Crippen LogP contribution in [0.5, 0.6) is 0 Å². The maximum Gasteiger partial charge on any atom is 0.240 e. The van der Waals surface area contributed by atoms with Crippen molar-refractivity contribution >= 4 is 35.0 Å². The summed E-state index contributed by atoms with van der Waals surface area (Å²) in [5, 5.41) is 12.5. The van der Waals surface area contributed by atoms with Crippen molar-refractivity contribution in [2.45, 2.75) is 16.4 Å². The zero-order valence-electron chi connectivity index (χ0n) is 16.3. The monoisotopic (exact) mass is 447 g/mol. The highest BCUT2D eigenvalue weighted by Crippen LogP contribution is 2.39. The Hall–Kier alpha value is -3.29. The molecule has 1 aliphatic rings. The Kier molecular flexibility index (Phi) is 5.36. The topological polar surface area (TPSA) is 71.8 Å². The fraction of sp³-hybridized carbons (Fsp3) is 0.0870. The molecule has 3 aromatic carbocycles. The number of halogens is 1. The second kappa shape index (κ2) is 8.45. The van der Waals surface area contributed by atoms with Gasteiger partial charge in [-0.15, -0.1) is 10.2 Å². The number of hydrogen-bond acceptors (Lipinski definition) is 5. The molecule has 8 heteroatoms. The van der Waals surface area contributed by atoms with Crippen LogP contribution in [0.3, 0.4) is 0 Å². The molecule has 0 saturated heterocycles. The summed E-state index contributed by atoms with van der Waals surface area (Å²) in [7, 11) is 0. The lowest BCUT2D eigenvalue weighted by Crippen LogP contribution is -2.41. The molecule has 2 heterocycles. The summed E-state index contributed by atoms with van der Waals surface area (Å²) in [6.45, 7) is 0. The van der Waals surface area contributed by atoms with Crippen LogP contribution < -0.4 is 10.7 Å². The van der Waals surface area contributed by atoms with Gasteiger partial charge < -0.3 is 10.7 Å². The van der Waals surface area contributed by atoms with E-state index in [0.29, 0.717) is 16.0 Å². The number of carbonyl (C=O) groups is 1. The number of aromatic nitrogens is 3. The minimum absolute atomic E-state index is 0.112. The summed E-state index contributed by atoms with van der Waals surface area (Å²) in [4.78, 5) is 13.2. The zero-order valence-corrected chi connectivity index (χ0v) is 17.8. The van der Waals surface area contributed by atoms with Crippen molar-refractivity contribution in [3.05, 3.63) is 95.5 Å². The van der Waals surface area contributed by atoms with Gasteiger partial charge in [0.25, 0.3) is 0 Å². The fourth-order valence-corrected chi connectivity index (χ4v) is 4.69. The summed E-state index contributed by atoms with van der Waals surface area (Å²) >= 11 is 7.48. The lowest BCUT2D eigenvalue weighted by molar-refractivity contribution is -0.116. The number of fused-ring (bicyclic) bond motifs is 1. The van der Waals surface area contributed by atoms with Gasteiger partial charge in [0.1, 0.15) is 5.25 Å². The molecule has 2 unspecified atom stereocenters. The standard InChI is InChI=1S/C23H18ClN5OS/c24-17-13-11-15(12-14-17)19-20(22(30)25-18-9-5-2-6-10-18)31-23-27-26-21(29(23)28-19)16-7-3-1-4-8-16/h1-14,19-20,28H,(H,25,30). The van der Waals surface area contributed by atoms with E-state index in [4.69, 9.17) is 11.6 Å². The summed E-state index contributed by atoms with van der Waals surface area (Å²) in [5.41, 5.74) is 6.10. The molecule has 4 aromatic rings. The first-order chi connectivity index (χ1) is 15.2. The van der Waals surface area contributed by atoms with Gasteiger partial charge in [-0.25, -0.2) is 4.68 Å². The Bertz CT molecular complexity index is 1200. The molecule has 0 radical (unpaired) electrons. The van der Waals surface area contributed by atoms with E-state index in [1.165, 1.54) is 11.8 Å². The van der Waals surface area contributed by atoms with Gasteiger partial charge in [0.15, 0.2) is 5.82 Å². The number of para-hydroxylation sites is 1. The zero-order chi connectivity index (χ0) is 21.2. The molecule has 1 aliphatic heterocycles. The molecule has 2 N–H and O–H groups in total. The van der Waals surface area contributed by atoms with Crippen molar-refractivity contribution in [1.29, 1.82) is 0 Å². The van der Waals surface area contributed by atoms with Crippen LogP contribution in [0.4, 0.5) is 5.69 Å². The van der Waals surface area contributed by atoms with E-state index >= 15 is 0 Å². The number of nitrogens with one attached hydrogen (secondary N) is 2. The van der Waals surface area contributed by atoms with Gasteiger partial charge in [0, 0.05) is 16.3 Å². The maximum atomic E-state index is 13.2. The lowest BCUT2D eigenvalue weighted by atomic mass is 10.0. The van der Waals surface area contributed by atoms with E-state index in [1.807, 2.05) is 89.6 Å². The minimum Gasteiger partial charge on any atom is -0.325 e. The van der Waals surface area contributed by atoms with E-state index < -0.39 is 5.25 Å². The number of amides is 1. The first-order valence-electron chi connectivity index (χ1n) is 9.74. The summed E-state index contributed by atoms with van der Waals surface area (Å²) in [6.07, 6.45) is 0. The van der Waals surface area contributed by atoms with E-state index in [9.17, 15) is 4.79 Å². The summed E-state index contributed by atoms with van der Waals surface area (Å²) in [6, 6.07) is 26.5. The van der Waals surface area contributed by atoms with Gasteiger partial charge in [-0.3, -0.25) is 4.79 Å². The minimum atomic E-state index is -0.457. The second-order valence-electron chi connectivity index (χ2n) is 7.06. The average molecular weight is 448 g/mol. The molecular formula is C23H18ClN5OS. The first kappa shape index (κ1) is 19.7. The molecule has 1 aromatic heterocycles. The van der Waals surface area contributed by atoms with Crippen LogP contribution in [0, 0.1) is 0 Å². The van der Waals surface area contributed by atoms with Crippen LogP contribution in [0.1, 0.15) is 11.6 Å². The molecule has 0 bridgehead atoms. The molecule has 1 amide bonds. The fourth-order valence-electron chi connectivity index (χ4n) is 3.48. The molecule has 0 saturated carbocycles. The smallest absolute Gasteiger partial charge is 0.240 e. The highest BCUT2D eigenvalue weighted by Gasteiger charge is 2.38. The predicted molar refractivity (Wildman–Crippen MR) is 124 cm³/mol. The molecule has 31 heavy (non-hydrogen) atoms. The Morgan fingerprint density at radius 1 is 0.935 bits per heavy atom. The van der Waals surface area contributed by atoms with Crippen LogP contribution in [-0.2, 0) is 4.79 Å². The van der Waals surface area contributed by atoms with E-state index in [0.717, 1.165) is 16.8 Å². The normalized spacial score (nSPS) is 17.5. The number of thioether (sulfide) groups is 1. The SMILES string of the molecule is O=C(Nc1ccccc1)C1Sc2nnc(-c3ccccc3)n2NC1c1ccc(Cl)cc1. The van der Waals surface area contributed by atoms with Crippen molar-refractivity contribution < 1.29 is 4.79 Å². The Balaban J connectivity index is 1.52. The second-order valence-corrected chi connectivity index (χ2v) is 8.60. The van der Waals surface area contributed by atoms with Crippen LogP contribution >= 0.6 is 23.4 Å². The number of benzene rings is 3. The van der Waals surface area contributed by atoms with Crippen LogP contribution in [0.25, 0.3) is 11.4 Å². The number of nitrogens with zero attached hydrogens (tertiary/aromatic N) is 3. The quantitative estimate of drug-likeness (QED) is 0.460. The van der Waals surface area contributed by atoms with Crippen molar-refractivity contribution in [1.82, 2.24) is 14.9 Å². The third kappa shape index (κ3) is 4.02.